The summed E-state index contributed by atoms with van der Waals surface area (Å²) in [6, 6.07) is 6.62. The summed E-state index contributed by atoms with van der Waals surface area (Å²) in [7, 11) is 0. The third-order valence-corrected chi connectivity index (χ3v) is 2.49. The van der Waals surface area contributed by atoms with Gasteiger partial charge in [0, 0.05) is 29.8 Å². The second kappa shape index (κ2) is 7.59. The van der Waals surface area contributed by atoms with Gasteiger partial charge in [-0.05, 0) is 38.1 Å². The lowest BCUT2D eigenvalue weighted by Crippen LogP contribution is -2.34. The lowest BCUT2D eigenvalue weighted by Gasteiger charge is -2.06. The van der Waals surface area contributed by atoms with Gasteiger partial charge in [0.1, 0.15) is 0 Å². The molecule has 2 N–H and O–H groups in total. The first-order valence-electron chi connectivity index (χ1n) is 5.95. The molecule has 5 heteroatoms. The summed E-state index contributed by atoms with van der Waals surface area (Å²) >= 11 is 5.73. The van der Waals surface area contributed by atoms with Crippen molar-refractivity contribution in [3.8, 4) is 0 Å². The van der Waals surface area contributed by atoms with Gasteiger partial charge in [-0.3, -0.25) is 9.59 Å². The Labute approximate surface area is 117 Å². The molecule has 102 valence electrons. The standard InChI is InChI=1S/C14H17ClN2O2/c1-10(2)9-13(18)16-7-8-17-14(19)11-3-5-12(15)6-4-11/h3-6,9H,7-8H2,1-2H3,(H,16,18)(H,17,19). The van der Waals surface area contributed by atoms with Gasteiger partial charge in [0.25, 0.3) is 5.91 Å². The minimum Gasteiger partial charge on any atom is -0.351 e. The Morgan fingerprint density at radius 1 is 1.11 bits per heavy atom. The average Bonchev–Trinajstić information content (AvgIpc) is 2.34. The molecule has 0 fully saturated rings. The molecule has 0 saturated carbocycles. The van der Waals surface area contributed by atoms with Gasteiger partial charge in [0.2, 0.25) is 5.91 Å². The number of carbonyl (C=O) groups is 2. The van der Waals surface area contributed by atoms with Gasteiger partial charge in [-0.1, -0.05) is 17.2 Å². The van der Waals surface area contributed by atoms with E-state index in [1.807, 2.05) is 13.8 Å². The van der Waals surface area contributed by atoms with Crippen LogP contribution in [0.4, 0.5) is 0 Å². The predicted octanol–water partition coefficient (Wildman–Crippen LogP) is 2.15. The van der Waals surface area contributed by atoms with Crippen LogP contribution in [0.25, 0.3) is 0 Å². The number of benzene rings is 1. The van der Waals surface area contributed by atoms with Gasteiger partial charge in [-0.2, -0.15) is 0 Å². The molecule has 19 heavy (non-hydrogen) atoms. The molecule has 2 amide bonds. The molecular weight excluding hydrogens is 264 g/mol. The molecule has 0 saturated heterocycles. The summed E-state index contributed by atoms with van der Waals surface area (Å²) in [6.45, 7) is 4.47. The maximum Gasteiger partial charge on any atom is 0.251 e. The van der Waals surface area contributed by atoms with E-state index in [2.05, 4.69) is 10.6 Å². The van der Waals surface area contributed by atoms with Crippen molar-refractivity contribution in [2.75, 3.05) is 13.1 Å². The average molecular weight is 281 g/mol. The molecule has 1 aromatic carbocycles. The van der Waals surface area contributed by atoms with Gasteiger partial charge >= 0.3 is 0 Å². The summed E-state index contributed by atoms with van der Waals surface area (Å²) < 4.78 is 0. The smallest absolute Gasteiger partial charge is 0.251 e. The first kappa shape index (κ1) is 15.2. The van der Waals surface area contributed by atoms with Gasteiger partial charge in [0.15, 0.2) is 0 Å². The Morgan fingerprint density at radius 3 is 2.26 bits per heavy atom. The third-order valence-electron chi connectivity index (χ3n) is 2.24. The lowest BCUT2D eigenvalue weighted by molar-refractivity contribution is -0.116. The van der Waals surface area contributed by atoms with Crippen molar-refractivity contribution in [1.29, 1.82) is 0 Å². The highest BCUT2D eigenvalue weighted by molar-refractivity contribution is 6.30. The molecule has 0 aromatic heterocycles. The maximum atomic E-state index is 11.7. The van der Waals surface area contributed by atoms with Gasteiger partial charge in [-0.25, -0.2) is 0 Å². The summed E-state index contributed by atoms with van der Waals surface area (Å²) in [6.07, 6.45) is 1.51. The van der Waals surface area contributed by atoms with E-state index in [9.17, 15) is 9.59 Å². The van der Waals surface area contributed by atoms with Crippen molar-refractivity contribution >= 4 is 23.4 Å². The monoisotopic (exact) mass is 280 g/mol. The third kappa shape index (κ3) is 6.06. The van der Waals surface area contributed by atoms with E-state index in [1.54, 1.807) is 24.3 Å². The van der Waals surface area contributed by atoms with E-state index in [0.29, 0.717) is 23.7 Å². The van der Waals surface area contributed by atoms with Crippen molar-refractivity contribution in [3.63, 3.8) is 0 Å². The first-order valence-corrected chi connectivity index (χ1v) is 6.33. The van der Waals surface area contributed by atoms with Crippen LogP contribution in [0.15, 0.2) is 35.9 Å². The Kier molecular flexibility index (Phi) is 6.09. The Hall–Kier alpha value is -1.81. The quantitative estimate of drug-likeness (QED) is 0.641. The highest BCUT2D eigenvalue weighted by Crippen LogP contribution is 2.08. The van der Waals surface area contributed by atoms with Crippen LogP contribution >= 0.6 is 11.6 Å². The van der Waals surface area contributed by atoms with E-state index in [-0.39, 0.29) is 11.8 Å². The lowest BCUT2D eigenvalue weighted by atomic mass is 10.2. The Morgan fingerprint density at radius 2 is 1.68 bits per heavy atom. The molecule has 0 aliphatic heterocycles. The Balaban J connectivity index is 2.30. The first-order chi connectivity index (χ1) is 8.99. The van der Waals surface area contributed by atoms with Crippen molar-refractivity contribution < 1.29 is 9.59 Å². The van der Waals surface area contributed by atoms with Crippen molar-refractivity contribution in [2.24, 2.45) is 0 Å². The SMILES string of the molecule is CC(C)=CC(=O)NCCNC(=O)c1ccc(Cl)cc1. The normalized spacial score (nSPS) is 9.63. The molecule has 0 atom stereocenters. The van der Waals surface area contributed by atoms with Crippen molar-refractivity contribution in [2.45, 2.75) is 13.8 Å². The molecule has 1 rings (SSSR count). The number of allylic oxidation sites excluding steroid dienone is 1. The molecular formula is C14H17ClN2O2. The highest BCUT2D eigenvalue weighted by Gasteiger charge is 2.04. The van der Waals surface area contributed by atoms with Crippen molar-refractivity contribution in [1.82, 2.24) is 10.6 Å². The summed E-state index contributed by atoms with van der Waals surface area (Å²) in [5, 5.41) is 5.98. The summed E-state index contributed by atoms with van der Waals surface area (Å²) in [5.74, 6) is -0.339. The number of hydrogen-bond acceptors (Lipinski definition) is 2. The molecule has 0 aliphatic rings. The fourth-order valence-electron chi connectivity index (χ4n) is 1.38. The van der Waals surface area contributed by atoms with E-state index in [1.165, 1.54) is 6.08 Å². The molecule has 0 unspecified atom stereocenters. The topological polar surface area (TPSA) is 58.2 Å². The van der Waals surface area contributed by atoms with E-state index in [4.69, 9.17) is 11.6 Å². The fraction of sp³-hybridized carbons (Fsp3) is 0.286. The molecule has 1 aromatic rings. The van der Waals surface area contributed by atoms with Crippen LogP contribution < -0.4 is 10.6 Å². The van der Waals surface area contributed by atoms with E-state index >= 15 is 0 Å². The van der Waals surface area contributed by atoms with Crippen LogP contribution in [0, 0.1) is 0 Å². The number of nitrogens with one attached hydrogen (secondary N) is 2. The van der Waals surface area contributed by atoms with Crippen LogP contribution in [-0.4, -0.2) is 24.9 Å². The van der Waals surface area contributed by atoms with Crippen LogP contribution in [0.1, 0.15) is 24.2 Å². The fourth-order valence-corrected chi connectivity index (χ4v) is 1.50. The van der Waals surface area contributed by atoms with E-state index < -0.39 is 0 Å². The molecule has 0 heterocycles. The van der Waals surface area contributed by atoms with Gasteiger partial charge < -0.3 is 10.6 Å². The minimum atomic E-state index is -0.187. The number of amides is 2. The number of rotatable bonds is 5. The summed E-state index contributed by atoms with van der Waals surface area (Å²) in [5.41, 5.74) is 1.47. The van der Waals surface area contributed by atoms with Gasteiger partial charge in [0.05, 0.1) is 0 Å². The zero-order chi connectivity index (χ0) is 14.3. The summed E-state index contributed by atoms with van der Waals surface area (Å²) in [4.78, 5) is 23.0. The van der Waals surface area contributed by atoms with Crippen LogP contribution in [0.5, 0.6) is 0 Å². The zero-order valence-electron chi connectivity index (χ0n) is 11.0. The van der Waals surface area contributed by atoms with Crippen LogP contribution in [0.3, 0.4) is 0 Å². The minimum absolute atomic E-state index is 0.152. The number of halogens is 1. The van der Waals surface area contributed by atoms with Crippen LogP contribution in [0.2, 0.25) is 5.02 Å². The molecule has 0 spiro atoms. The predicted molar refractivity (Wildman–Crippen MR) is 76.2 cm³/mol. The Bertz CT molecular complexity index is 477. The largest absolute Gasteiger partial charge is 0.351 e. The zero-order valence-corrected chi connectivity index (χ0v) is 11.8. The molecule has 0 bridgehead atoms. The molecule has 0 aliphatic carbocycles. The molecule has 0 radical (unpaired) electrons. The molecule has 4 nitrogen and oxygen atoms in total. The maximum absolute atomic E-state index is 11.7. The van der Waals surface area contributed by atoms with Crippen LogP contribution in [-0.2, 0) is 4.79 Å². The second-order valence-electron chi connectivity index (χ2n) is 4.28. The second-order valence-corrected chi connectivity index (χ2v) is 4.71. The number of hydrogen-bond donors (Lipinski definition) is 2. The number of carbonyl (C=O) groups excluding carboxylic acids is 2. The highest BCUT2D eigenvalue weighted by atomic mass is 35.5. The van der Waals surface area contributed by atoms with E-state index in [0.717, 1.165) is 5.57 Å². The van der Waals surface area contributed by atoms with Crippen molar-refractivity contribution in [3.05, 3.63) is 46.5 Å². The van der Waals surface area contributed by atoms with Gasteiger partial charge in [-0.15, -0.1) is 0 Å².